The van der Waals surface area contributed by atoms with Crippen molar-refractivity contribution in [3.8, 4) is 10.8 Å². The summed E-state index contributed by atoms with van der Waals surface area (Å²) in [6, 6.07) is 11.6. The van der Waals surface area contributed by atoms with Crippen LogP contribution in [0.1, 0.15) is 5.56 Å². The number of hydrogen-bond acceptors (Lipinski definition) is 4. The van der Waals surface area contributed by atoms with Crippen molar-refractivity contribution in [1.82, 2.24) is 0 Å². The van der Waals surface area contributed by atoms with Crippen LogP contribution in [0.2, 0.25) is 0 Å². The fourth-order valence-corrected chi connectivity index (χ4v) is 2.02. The fourth-order valence-electron chi connectivity index (χ4n) is 1.45. The summed E-state index contributed by atoms with van der Waals surface area (Å²) >= 11 is 1.47. The Balaban J connectivity index is 0.000000148. The molecular weight excluding hydrogens is 259 g/mol. The van der Waals surface area contributed by atoms with E-state index in [1.807, 2.05) is 53.9 Å². The Labute approximate surface area is 116 Å². The molecule has 2 aromatic rings. The summed E-state index contributed by atoms with van der Waals surface area (Å²) in [5.74, 6) is 0.914. The number of para-hydroxylation sites is 1. The highest BCUT2D eigenvalue weighted by atomic mass is 32.1. The average molecular weight is 272 g/mol. The maximum atomic E-state index is 8.22. The molecule has 0 fully saturated rings. The number of fused-ring (bicyclic) bond motifs is 1. The van der Waals surface area contributed by atoms with E-state index in [1.165, 1.54) is 11.3 Å². The first-order valence-electron chi connectivity index (χ1n) is 5.76. The van der Waals surface area contributed by atoms with Crippen LogP contribution in [0.15, 0.2) is 60.2 Å². The van der Waals surface area contributed by atoms with E-state index in [-0.39, 0.29) is 7.69 Å². The molecule has 2 heterocycles. The van der Waals surface area contributed by atoms with Crippen molar-refractivity contribution >= 4 is 25.1 Å². The monoisotopic (exact) mass is 272 g/mol. The molecule has 1 aromatic heterocycles. The van der Waals surface area contributed by atoms with Gasteiger partial charge in [-0.3, -0.25) is 0 Å². The molecule has 0 unspecified atom stereocenters. The highest BCUT2D eigenvalue weighted by Gasteiger charge is 1.98. The smallest absolute Gasteiger partial charge is 0.504 e. The summed E-state index contributed by atoms with van der Waals surface area (Å²) in [6.07, 6.45) is 7.55. The maximum Gasteiger partial charge on any atom is 0.504 e. The van der Waals surface area contributed by atoms with Gasteiger partial charge in [-0.1, -0.05) is 30.4 Å². The van der Waals surface area contributed by atoms with E-state index >= 15 is 0 Å². The summed E-state index contributed by atoms with van der Waals surface area (Å²) < 4.78 is 10.0. The second-order valence-corrected chi connectivity index (χ2v) is 4.46. The highest BCUT2D eigenvalue weighted by Crippen LogP contribution is 2.21. The zero-order valence-corrected chi connectivity index (χ0v) is 11.0. The summed E-state index contributed by atoms with van der Waals surface area (Å²) in [4.78, 5) is 0. The Morgan fingerprint density at radius 3 is 2.79 bits per heavy atom. The first kappa shape index (κ1) is 13.5. The van der Waals surface area contributed by atoms with Gasteiger partial charge in [0.1, 0.15) is 5.75 Å². The van der Waals surface area contributed by atoms with Crippen LogP contribution in [0.3, 0.4) is 0 Å². The van der Waals surface area contributed by atoms with Crippen LogP contribution in [0.25, 0.3) is 6.08 Å². The highest BCUT2D eigenvalue weighted by molar-refractivity contribution is 7.11. The molecule has 0 aliphatic carbocycles. The molecule has 0 amide bonds. The van der Waals surface area contributed by atoms with Gasteiger partial charge in [-0.2, -0.15) is 0 Å². The molecule has 0 saturated carbocycles. The lowest BCUT2D eigenvalue weighted by molar-refractivity contribution is 0.461. The number of rotatable bonds is 2. The Hall–Kier alpha value is -1.98. The van der Waals surface area contributed by atoms with Crippen LogP contribution in [-0.2, 0) is 0 Å². The van der Waals surface area contributed by atoms with Crippen molar-refractivity contribution in [2.75, 3.05) is 0 Å². The third-order valence-corrected chi connectivity index (χ3v) is 3.06. The lowest BCUT2D eigenvalue weighted by Crippen LogP contribution is -1.96. The van der Waals surface area contributed by atoms with Crippen LogP contribution in [0.4, 0.5) is 0 Å². The van der Waals surface area contributed by atoms with Crippen LogP contribution < -0.4 is 9.39 Å². The number of benzene rings is 1. The number of allylic oxidation sites excluding steroid dienone is 2. The molecule has 0 spiro atoms. The van der Waals surface area contributed by atoms with Gasteiger partial charge in [0.2, 0.25) is 0 Å². The van der Waals surface area contributed by atoms with Crippen LogP contribution in [-0.4, -0.2) is 12.7 Å². The Morgan fingerprint density at radius 2 is 2.00 bits per heavy atom. The molecule has 1 aliphatic rings. The number of ether oxygens (including phenoxy) is 1. The lowest BCUT2D eigenvalue weighted by atomic mass is 10.2. The van der Waals surface area contributed by atoms with Gasteiger partial charge in [-0.15, -0.1) is 11.3 Å². The molecule has 1 aromatic carbocycles. The molecule has 0 radical (unpaired) electrons. The van der Waals surface area contributed by atoms with E-state index in [2.05, 4.69) is 0 Å². The molecule has 0 atom stereocenters. The van der Waals surface area contributed by atoms with Crippen molar-refractivity contribution < 1.29 is 14.4 Å². The SMILES string of the molecule is C1=COc2ccccc2C=C1.OBOc1cccs1. The molecule has 1 N–H and O–H groups in total. The summed E-state index contributed by atoms with van der Waals surface area (Å²) in [5.41, 5.74) is 1.12. The normalized spacial score (nSPS) is 11.4. The van der Waals surface area contributed by atoms with Gasteiger partial charge < -0.3 is 14.4 Å². The minimum atomic E-state index is -0.236. The van der Waals surface area contributed by atoms with Gasteiger partial charge in [0.05, 0.1) is 6.26 Å². The quantitative estimate of drug-likeness (QED) is 0.854. The van der Waals surface area contributed by atoms with Gasteiger partial charge in [0.25, 0.3) is 0 Å². The summed E-state index contributed by atoms with van der Waals surface area (Å²) in [7, 11) is -0.236. The van der Waals surface area contributed by atoms with Crippen molar-refractivity contribution in [2.45, 2.75) is 0 Å². The van der Waals surface area contributed by atoms with Gasteiger partial charge in [-0.25, -0.2) is 0 Å². The third-order valence-electron chi connectivity index (χ3n) is 2.28. The van der Waals surface area contributed by atoms with E-state index in [0.29, 0.717) is 0 Å². The molecule has 3 nitrogen and oxygen atoms in total. The van der Waals surface area contributed by atoms with Crippen molar-refractivity contribution in [1.29, 1.82) is 0 Å². The maximum absolute atomic E-state index is 8.22. The minimum Gasteiger partial charge on any atom is -0.531 e. The largest absolute Gasteiger partial charge is 0.531 e. The lowest BCUT2D eigenvalue weighted by Gasteiger charge is -2.00. The van der Waals surface area contributed by atoms with E-state index in [4.69, 9.17) is 14.4 Å². The molecule has 19 heavy (non-hydrogen) atoms. The van der Waals surface area contributed by atoms with Gasteiger partial charge >= 0.3 is 7.69 Å². The Morgan fingerprint density at radius 1 is 1.11 bits per heavy atom. The van der Waals surface area contributed by atoms with Gasteiger partial charge in [-0.05, 0) is 29.7 Å². The predicted octanol–water partition coefficient (Wildman–Crippen LogP) is 2.99. The second kappa shape index (κ2) is 7.46. The molecule has 0 saturated heterocycles. The zero-order valence-electron chi connectivity index (χ0n) is 10.2. The summed E-state index contributed by atoms with van der Waals surface area (Å²) in [6.45, 7) is 0. The minimum absolute atomic E-state index is 0.236. The average Bonchev–Trinajstić information content (AvgIpc) is 2.83. The van der Waals surface area contributed by atoms with Crippen LogP contribution >= 0.6 is 11.3 Å². The van der Waals surface area contributed by atoms with Gasteiger partial charge in [0.15, 0.2) is 5.06 Å². The van der Waals surface area contributed by atoms with Crippen LogP contribution in [0.5, 0.6) is 10.8 Å². The topological polar surface area (TPSA) is 38.7 Å². The van der Waals surface area contributed by atoms with E-state index in [0.717, 1.165) is 16.4 Å². The standard InChI is InChI=1S/C10H8O.C4H5BO2S/c1-2-7-10-9(5-1)6-3-4-8-11-10;6-5-7-4-2-1-3-8-4/h1-8H;1-3,5-6H. The molecule has 1 aliphatic heterocycles. The molecule has 96 valence electrons. The number of thiophene rings is 1. The second-order valence-electron chi connectivity index (χ2n) is 3.55. The zero-order chi connectivity index (χ0) is 13.3. The van der Waals surface area contributed by atoms with E-state index in [1.54, 1.807) is 12.3 Å². The third kappa shape index (κ3) is 4.32. The van der Waals surface area contributed by atoms with Crippen molar-refractivity contribution in [3.05, 3.63) is 65.8 Å². The molecular formula is C14H13BO3S. The van der Waals surface area contributed by atoms with Crippen molar-refractivity contribution in [3.63, 3.8) is 0 Å². The number of hydrogen-bond donors (Lipinski definition) is 1. The first-order valence-corrected chi connectivity index (χ1v) is 6.64. The molecule has 5 heteroatoms. The predicted molar refractivity (Wildman–Crippen MR) is 79.6 cm³/mol. The van der Waals surface area contributed by atoms with Crippen molar-refractivity contribution in [2.24, 2.45) is 0 Å². The van der Waals surface area contributed by atoms with Gasteiger partial charge in [0, 0.05) is 5.56 Å². The molecule has 0 bridgehead atoms. The fraction of sp³-hybridized carbons (Fsp3) is 0. The van der Waals surface area contributed by atoms with Crippen LogP contribution in [0, 0.1) is 0 Å². The van der Waals surface area contributed by atoms with E-state index in [9.17, 15) is 0 Å². The summed E-state index contributed by atoms with van der Waals surface area (Å²) in [5, 5.41) is 10.9. The Bertz CT molecular complexity index is 550. The first-order chi connectivity index (χ1) is 9.40. The van der Waals surface area contributed by atoms with E-state index < -0.39 is 0 Å². The molecule has 3 rings (SSSR count). The Kier molecular flexibility index (Phi) is 5.28.